The SMILES string of the molecule is CC(=O)c1nn(CC(=O)N2[C@H](C(=O)Nc3nc(Br)ccc3C)C[C@@]3(CO)C(O)[C@@H]23)c2ccc(-c3cnc(C)nc3)cc12. The van der Waals surface area contributed by atoms with Crippen molar-refractivity contribution in [2.45, 2.75) is 51.9 Å². The first-order chi connectivity index (χ1) is 20.0. The van der Waals surface area contributed by atoms with Crippen molar-refractivity contribution in [3.8, 4) is 11.1 Å². The molecule has 4 aromatic rings. The van der Waals surface area contributed by atoms with Crippen LogP contribution in [0.2, 0.25) is 0 Å². The summed E-state index contributed by atoms with van der Waals surface area (Å²) < 4.78 is 1.98. The van der Waals surface area contributed by atoms with Gasteiger partial charge in [-0.3, -0.25) is 19.1 Å². The van der Waals surface area contributed by atoms with Gasteiger partial charge in [0.1, 0.15) is 34.5 Å². The normalized spacial score (nSPS) is 22.7. The number of hydrogen-bond donors (Lipinski definition) is 3. The smallest absolute Gasteiger partial charge is 0.248 e. The summed E-state index contributed by atoms with van der Waals surface area (Å²) in [5.41, 5.74) is 2.09. The average Bonchev–Trinajstić information content (AvgIpc) is 3.25. The van der Waals surface area contributed by atoms with Crippen LogP contribution in [-0.2, 0) is 16.1 Å². The van der Waals surface area contributed by atoms with Gasteiger partial charge in [-0.15, -0.1) is 0 Å². The van der Waals surface area contributed by atoms with E-state index in [-0.39, 0.29) is 31.0 Å². The standard InChI is InChI=1S/C29H28BrN7O5/c1-14-4-7-22(30)33-27(14)34-28(42)21-9-29(13-38)25(26(29)41)37(21)23(40)12-36-20-6-5-17(18-10-31-16(3)32-11-18)8-19(20)24(35-36)15(2)39/h4-8,10-11,21,25-26,38,41H,9,12-13H2,1-3H3,(H,33,34,42)/t21-,25+,26?,29-/m0/s1. The summed E-state index contributed by atoms with van der Waals surface area (Å²) in [7, 11) is 0. The summed E-state index contributed by atoms with van der Waals surface area (Å²) in [6.07, 6.45) is 2.54. The van der Waals surface area contributed by atoms with Gasteiger partial charge in [-0.25, -0.2) is 15.0 Å². The van der Waals surface area contributed by atoms with Crippen molar-refractivity contribution in [2.75, 3.05) is 11.9 Å². The lowest BCUT2D eigenvalue weighted by Gasteiger charge is -2.28. The number of piperidine rings is 1. The lowest BCUT2D eigenvalue weighted by molar-refractivity contribution is -0.139. The van der Waals surface area contributed by atoms with Crippen LogP contribution < -0.4 is 5.32 Å². The van der Waals surface area contributed by atoms with Crippen molar-refractivity contribution in [1.82, 2.24) is 29.6 Å². The van der Waals surface area contributed by atoms with Gasteiger partial charge in [-0.1, -0.05) is 12.1 Å². The summed E-state index contributed by atoms with van der Waals surface area (Å²) >= 11 is 3.31. The maximum Gasteiger partial charge on any atom is 0.248 e. The minimum Gasteiger partial charge on any atom is -0.396 e. The lowest BCUT2D eigenvalue weighted by atomic mass is 9.99. The predicted octanol–water partition coefficient (Wildman–Crippen LogP) is 2.43. The molecule has 13 heteroatoms. The van der Waals surface area contributed by atoms with Gasteiger partial charge < -0.3 is 20.4 Å². The molecule has 4 atom stereocenters. The number of carbonyl (C=O) groups is 3. The molecule has 2 fully saturated rings. The van der Waals surface area contributed by atoms with Gasteiger partial charge in [-0.2, -0.15) is 5.10 Å². The van der Waals surface area contributed by atoms with Crippen LogP contribution in [0.5, 0.6) is 0 Å². The van der Waals surface area contributed by atoms with Gasteiger partial charge in [0.2, 0.25) is 11.8 Å². The van der Waals surface area contributed by atoms with Crippen LogP contribution >= 0.6 is 15.9 Å². The second kappa shape index (κ2) is 10.3. The maximum absolute atomic E-state index is 13.9. The van der Waals surface area contributed by atoms with Crippen molar-refractivity contribution in [3.05, 3.63) is 64.4 Å². The highest BCUT2D eigenvalue weighted by atomic mass is 79.9. The topological polar surface area (TPSA) is 163 Å². The number of aromatic nitrogens is 5. The van der Waals surface area contributed by atoms with E-state index >= 15 is 0 Å². The highest BCUT2D eigenvalue weighted by molar-refractivity contribution is 9.10. The number of amides is 2. The van der Waals surface area contributed by atoms with Crippen LogP contribution in [0.3, 0.4) is 0 Å². The van der Waals surface area contributed by atoms with Crippen LogP contribution in [0.25, 0.3) is 22.0 Å². The molecule has 3 N–H and O–H groups in total. The van der Waals surface area contributed by atoms with Crippen molar-refractivity contribution in [2.24, 2.45) is 5.41 Å². The number of nitrogens with zero attached hydrogens (tertiary/aromatic N) is 6. The fraction of sp³-hybridized carbons (Fsp3) is 0.345. The van der Waals surface area contributed by atoms with E-state index in [1.165, 1.54) is 16.5 Å². The largest absolute Gasteiger partial charge is 0.396 e. The molecule has 0 bridgehead atoms. The number of fused-ring (bicyclic) bond motifs is 2. The summed E-state index contributed by atoms with van der Waals surface area (Å²) in [4.78, 5) is 54.0. The van der Waals surface area contributed by atoms with Crippen LogP contribution in [-0.4, -0.2) is 82.2 Å². The molecule has 2 aliphatic rings. The Morgan fingerprint density at radius 1 is 1.12 bits per heavy atom. The number of aryl methyl sites for hydroxylation is 2. The number of hydrogen-bond acceptors (Lipinski definition) is 9. The molecule has 2 amide bonds. The third-order valence-electron chi connectivity index (χ3n) is 8.25. The first kappa shape index (κ1) is 28.1. The quantitative estimate of drug-likeness (QED) is 0.205. The fourth-order valence-electron chi connectivity index (χ4n) is 5.89. The number of rotatable bonds is 7. The first-order valence-corrected chi connectivity index (χ1v) is 14.2. The predicted molar refractivity (Wildman–Crippen MR) is 155 cm³/mol. The summed E-state index contributed by atoms with van der Waals surface area (Å²) in [6, 6.07) is 7.32. The average molecular weight is 634 g/mol. The van der Waals surface area contributed by atoms with Gasteiger partial charge in [0.25, 0.3) is 0 Å². The molecule has 1 unspecified atom stereocenters. The molecule has 42 heavy (non-hydrogen) atoms. The van der Waals surface area contributed by atoms with Crippen molar-refractivity contribution < 1.29 is 24.6 Å². The molecule has 216 valence electrons. The van der Waals surface area contributed by atoms with E-state index in [0.29, 0.717) is 27.1 Å². The van der Waals surface area contributed by atoms with E-state index in [0.717, 1.165) is 16.7 Å². The van der Waals surface area contributed by atoms with E-state index in [1.807, 2.05) is 12.1 Å². The van der Waals surface area contributed by atoms with Gasteiger partial charge in [0, 0.05) is 35.7 Å². The Kier molecular flexibility index (Phi) is 6.90. The number of Topliss-reactive ketones (excluding diaryl/α,β-unsaturated/α-hetero) is 1. The Morgan fingerprint density at radius 2 is 1.86 bits per heavy atom. The van der Waals surface area contributed by atoms with Crippen LogP contribution in [0, 0.1) is 19.3 Å². The molecule has 0 radical (unpaired) electrons. The molecule has 1 saturated heterocycles. The van der Waals surface area contributed by atoms with E-state index in [1.54, 1.807) is 44.4 Å². The molecular weight excluding hydrogens is 606 g/mol. The van der Waals surface area contributed by atoms with Gasteiger partial charge >= 0.3 is 0 Å². The van der Waals surface area contributed by atoms with E-state index in [4.69, 9.17) is 0 Å². The molecule has 1 saturated carbocycles. The molecular formula is C29H28BrN7O5. The minimum atomic E-state index is -0.973. The number of benzene rings is 1. The molecule has 1 aromatic carbocycles. The van der Waals surface area contributed by atoms with Crippen LogP contribution in [0.4, 0.5) is 5.82 Å². The Balaban J connectivity index is 1.32. The Hall–Kier alpha value is -4.07. The van der Waals surface area contributed by atoms with Gasteiger partial charge in [0.05, 0.1) is 24.3 Å². The third kappa shape index (κ3) is 4.57. The number of nitrogens with one attached hydrogen (secondary N) is 1. The molecule has 12 nitrogen and oxygen atoms in total. The van der Waals surface area contributed by atoms with Crippen molar-refractivity contribution in [1.29, 1.82) is 0 Å². The number of halogens is 1. The molecule has 6 rings (SSSR count). The number of carbonyl (C=O) groups excluding carboxylic acids is 3. The Morgan fingerprint density at radius 3 is 2.55 bits per heavy atom. The number of anilines is 1. The number of aliphatic hydroxyl groups is 2. The van der Waals surface area contributed by atoms with Crippen LogP contribution in [0.15, 0.2) is 47.3 Å². The molecule has 3 aromatic heterocycles. The zero-order chi connectivity index (χ0) is 29.9. The molecule has 1 aliphatic heterocycles. The second-order valence-corrected chi connectivity index (χ2v) is 11.7. The lowest BCUT2D eigenvalue weighted by Crippen LogP contribution is -2.48. The van der Waals surface area contributed by atoms with Crippen molar-refractivity contribution in [3.63, 3.8) is 0 Å². The number of ketones is 1. The first-order valence-electron chi connectivity index (χ1n) is 13.4. The molecule has 4 heterocycles. The maximum atomic E-state index is 13.9. The zero-order valence-corrected chi connectivity index (χ0v) is 24.7. The Bertz CT molecular complexity index is 1760. The second-order valence-electron chi connectivity index (χ2n) is 10.9. The number of pyridine rings is 1. The van der Waals surface area contributed by atoms with Crippen molar-refractivity contribution >= 4 is 50.2 Å². The van der Waals surface area contributed by atoms with Gasteiger partial charge in [-0.05, 0) is 65.5 Å². The summed E-state index contributed by atoms with van der Waals surface area (Å²) in [6.45, 7) is 4.35. The number of aliphatic hydroxyl groups excluding tert-OH is 2. The number of likely N-dealkylation sites (tertiary alicyclic amines) is 1. The summed E-state index contributed by atoms with van der Waals surface area (Å²) in [5, 5.41) is 28.6. The highest BCUT2D eigenvalue weighted by Crippen LogP contribution is 2.59. The summed E-state index contributed by atoms with van der Waals surface area (Å²) in [5.74, 6) is -0.223. The monoisotopic (exact) mass is 633 g/mol. The molecule has 1 aliphatic carbocycles. The van der Waals surface area contributed by atoms with E-state index < -0.39 is 35.4 Å². The van der Waals surface area contributed by atoms with Crippen LogP contribution in [0.1, 0.15) is 35.2 Å². The molecule has 0 spiro atoms. The Labute approximate surface area is 248 Å². The fourth-order valence-corrected chi connectivity index (χ4v) is 6.20. The highest BCUT2D eigenvalue weighted by Gasteiger charge is 2.74. The van der Waals surface area contributed by atoms with E-state index in [9.17, 15) is 24.6 Å². The minimum absolute atomic E-state index is 0.0977. The van der Waals surface area contributed by atoms with E-state index in [2.05, 4.69) is 41.3 Å². The zero-order valence-electron chi connectivity index (χ0n) is 23.1. The van der Waals surface area contributed by atoms with Gasteiger partial charge in [0.15, 0.2) is 5.78 Å². The third-order valence-corrected chi connectivity index (χ3v) is 8.69.